The highest BCUT2D eigenvalue weighted by Crippen LogP contribution is 2.31. The standard InChI is InChI=1S/C13H22N2O5S/c1-2-15(10-4-7-21(19,20)9-10)11(16)8-14-13(12(17)18)5-3-6-13/h10,14H,2-9H2,1H3,(H,17,18). The normalized spacial score (nSPS) is 26.0. The number of likely N-dealkylation sites (N-methyl/N-ethyl adjacent to an activating group) is 1. The molecule has 0 aromatic rings. The molecule has 0 bridgehead atoms. The van der Waals surface area contributed by atoms with Crippen LogP contribution in [0, 0.1) is 0 Å². The van der Waals surface area contributed by atoms with Crippen LogP contribution in [0.5, 0.6) is 0 Å². The molecule has 120 valence electrons. The summed E-state index contributed by atoms with van der Waals surface area (Å²) in [6.07, 6.45) is 2.36. The topological polar surface area (TPSA) is 104 Å². The van der Waals surface area contributed by atoms with Crippen LogP contribution < -0.4 is 5.32 Å². The van der Waals surface area contributed by atoms with Gasteiger partial charge in [-0.2, -0.15) is 0 Å². The average Bonchev–Trinajstić information content (AvgIpc) is 2.68. The predicted octanol–water partition coefficient (Wildman–Crippen LogP) is -0.381. The molecule has 1 unspecified atom stereocenters. The van der Waals surface area contributed by atoms with Gasteiger partial charge in [0.1, 0.15) is 5.54 Å². The third-order valence-corrected chi connectivity index (χ3v) is 6.26. The van der Waals surface area contributed by atoms with E-state index < -0.39 is 21.3 Å². The summed E-state index contributed by atoms with van der Waals surface area (Å²) in [5.74, 6) is -1.02. The minimum atomic E-state index is -3.04. The molecule has 2 fully saturated rings. The molecular formula is C13H22N2O5S. The van der Waals surface area contributed by atoms with Crippen LogP contribution in [-0.2, 0) is 19.4 Å². The number of nitrogens with zero attached hydrogens (tertiary/aromatic N) is 1. The van der Waals surface area contributed by atoms with Crippen LogP contribution in [0.4, 0.5) is 0 Å². The molecule has 1 aliphatic carbocycles. The van der Waals surface area contributed by atoms with Gasteiger partial charge in [-0.25, -0.2) is 8.42 Å². The van der Waals surface area contributed by atoms with E-state index >= 15 is 0 Å². The molecule has 1 saturated carbocycles. The SMILES string of the molecule is CCN(C(=O)CNC1(C(=O)O)CCC1)C1CCS(=O)(=O)C1. The number of carbonyl (C=O) groups excluding carboxylic acids is 1. The molecule has 8 heteroatoms. The Hall–Kier alpha value is -1.15. The molecule has 0 radical (unpaired) electrons. The Morgan fingerprint density at radius 1 is 1.38 bits per heavy atom. The average molecular weight is 318 g/mol. The van der Waals surface area contributed by atoms with Gasteiger partial charge in [0.25, 0.3) is 0 Å². The van der Waals surface area contributed by atoms with E-state index in [2.05, 4.69) is 5.32 Å². The van der Waals surface area contributed by atoms with Crippen LogP contribution in [0.25, 0.3) is 0 Å². The molecule has 1 saturated heterocycles. The van der Waals surface area contributed by atoms with E-state index in [9.17, 15) is 23.1 Å². The van der Waals surface area contributed by atoms with Gasteiger partial charge < -0.3 is 10.0 Å². The Morgan fingerprint density at radius 2 is 2.05 bits per heavy atom. The molecule has 0 spiro atoms. The molecule has 1 atom stereocenters. The third-order valence-electron chi connectivity index (χ3n) is 4.50. The summed E-state index contributed by atoms with van der Waals surface area (Å²) in [5, 5.41) is 12.1. The van der Waals surface area contributed by atoms with Crippen molar-refractivity contribution < 1.29 is 23.1 Å². The highest BCUT2D eigenvalue weighted by molar-refractivity contribution is 7.91. The van der Waals surface area contributed by atoms with Gasteiger partial charge in [0, 0.05) is 12.6 Å². The van der Waals surface area contributed by atoms with Crippen molar-refractivity contribution in [2.24, 2.45) is 0 Å². The molecule has 2 aliphatic rings. The van der Waals surface area contributed by atoms with Gasteiger partial charge in [-0.1, -0.05) is 0 Å². The van der Waals surface area contributed by atoms with Crippen LogP contribution in [-0.4, -0.2) is 66.5 Å². The maximum atomic E-state index is 12.3. The number of nitrogens with one attached hydrogen (secondary N) is 1. The van der Waals surface area contributed by atoms with Gasteiger partial charge in [-0.15, -0.1) is 0 Å². The summed E-state index contributed by atoms with van der Waals surface area (Å²) >= 11 is 0. The zero-order valence-electron chi connectivity index (χ0n) is 12.2. The number of carboxylic acids is 1. The highest BCUT2D eigenvalue weighted by atomic mass is 32.2. The first-order valence-corrected chi connectivity index (χ1v) is 9.10. The number of rotatable bonds is 6. The van der Waals surface area contributed by atoms with E-state index in [1.54, 1.807) is 11.8 Å². The Kier molecular flexibility index (Phi) is 4.57. The summed E-state index contributed by atoms with van der Waals surface area (Å²) in [6.45, 7) is 2.18. The first kappa shape index (κ1) is 16.2. The van der Waals surface area contributed by atoms with Crippen molar-refractivity contribution in [3.05, 3.63) is 0 Å². The second-order valence-electron chi connectivity index (χ2n) is 5.83. The lowest BCUT2D eigenvalue weighted by Gasteiger charge is -2.39. The lowest BCUT2D eigenvalue weighted by Crippen LogP contribution is -2.59. The van der Waals surface area contributed by atoms with Crippen molar-refractivity contribution in [1.82, 2.24) is 10.2 Å². The first-order valence-electron chi connectivity index (χ1n) is 7.28. The van der Waals surface area contributed by atoms with E-state index in [0.29, 0.717) is 25.8 Å². The van der Waals surface area contributed by atoms with Gasteiger partial charge in [0.15, 0.2) is 9.84 Å². The fourth-order valence-electron chi connectivity index (χ4n) is 3.00. The molecule has 2 rings (SSSR count). The molecule has 1 amide bonds. The van der Waals surface area contributed by atoms with Crippen molar-refractivity contribution in [3.8, 4) is 0 Å². The summed E-state index contributed by atoms with van der Waals surface area (Å²) in [4.78, 5) is 25.0. The van der Waals surface area contributed by atoms with E-state index in [0.717, 1.165) is 6.42 Å². The van der Waals surface area contributed by atoms with Crippen molar-refractivity contribution in [2.75, 3.05) is 24.6 Å². The maximum Gasteiger partial charge on any atom is 0.323 e. The number of sulfone groups is 1. The molecular weight excluding hydrogens is 296 g/mol. The fourth-order valence-corrected chi connectivity index (χ4v) is 4.73. The summed E-state index contributed by atoms with van der Waals surface area (Å²) in [6, 6.07) is -0.281. The van der Waals surface area contributed by atoms with Crippen molar-refractivity contribution >= 4 is 21.7 Å². The zero-order chi connectivity index (χ0) is 15.7. The molecule has 1 heterocycles. The third kappa shape index (κ3) is 3.37. The van der Waals surface area contributed by atoms with E-state index in [-0.39, 0.29) is 30.0 Å². The lowest BCUT2D eigenvalue weighted by molar-refractivity contribution is -0.149. The van der Waals surface area contributed by atoms with Crippen LogP contribution in [0.3, 0.4) is 0 Å². The molecule has 1 aliphatic heterocycles. The summed E-state index contributed by atoms with van der Waals surface area (Å²) in [7, 11) is -3.04. The van der Waals surface area contributed by atoms with Gasteiger partial charge >= 0.3 is 5.97 Å². The quantitative estimate of drug-likeness (QED) is 0.692. The van der Waals surface area contributed by atoms with Gasteiger partial charge in [0.05, 0.1) is 18.1 Å². The second kappa shape index (κ2) is 5.92. The number of hydrogen-bond acceptors (Lipinski definition) is 5. The molecule has 7 nitrogen and oxygen atoms in total. The van der Waals surface area contributed by atoms with Gasteiger partial charge in [-0.05, 0) is 32.6 Å². The Bertz CT molecular complexity index is 527. The van der Waals surface area contributed by atoms with E-state index in [1.807, 2.05) is 0 Å². The van der Waals surface area contributed by atoms with E-state index in [1.165, 1.54) is 0 Å². The predicted molar refractivity (Wildman–Crippen MR) is 76.7 cm³/mol. The van der Waals surface area contributed by atoms with E-state index in [4.69, 9.17) is 0 Å². The van der Waals surface area contributed by atoms with Gasteiger partial charge in [-0.3, -0.25) is 14.9 Å². The highest BCUT2D eigenvalue weighted by Gasteiger charge is 2.44. The number of aliphatic carboxylic acids is 1. The summed E-state index contributed by atoms with van der Waals surface area (Å²) in [5.41, 5.74) is -0.975. The van der Waals surface area contributed by atoms with Crippen LogP contribution in [0.1, 0.15) is 32.6 Å². The number of carboxylic acid groups (broad SMARTS) is 1. The fraction of sp³-hybridized carbons (Fsp3) is 0.846. The van der Waals surface area contributed by atoms with Crippen LogP contribution >= 0.6 is 0 Å². The van der Waals surface area contributed by atoms with Gasteiger partial charge in [0.2, 0.25) is 5.91 Å². The zero-order valence-corrected chi connectivity index (χ0v) is 13.0. The molecule has 0 aromatic heterocycles. The minimum Gasteiger partial charge on any atom is -0.480 e. The number of carbonyl (C=O) groups is 2. The monoisotopic (exact) mass is 318 g/mol. The van der Waals surface area contributed by atoms with Crippen LogP contribution in [0.15, 0.2) is 0 Å². The first-order chi connectivity index (χ1) is 9.80. The Balaban J connectivity index is 1.93. The largest absolute Gasteiger partial charge is 0.480 e. The van der Waals surface area contributed by atoms with Crippen molar-refractivity contribution in [1.29, 1.82) is 0 Å². The molecule has 0 aromatic carbocycles. The minimum absolute atomic E-state index is 0.0106. The molecule has 2 N–H and O–H groups in total. The van der Waals surface area contributed by atoms with Crippen LogP contribution in [0.2, 0.25) is 0 Å². The lowest BCUT2D eigenvalue weighted by atomic mass is 9.77. The Morgan fingerprint density at radius 3 is 2.43 bits per heavy atom. The maximum absolute atomic E-state index is 12.3. The number of amides is 1. The second-order valence-corrected chi connectivity index (χ2v) is 8.06. The smallest absolute Gasteiger partial charge is 0.323 e. The Labute approximate surface area is 124 Å². The van der Waals surface area contributed by atoms with Crippen molar-refractivity contribution in [2.45, 2.75) is 44.2 Å². The number of hydrogen-bond donors (Lipinski definition) is 2. The summed E-state index contributed by atoms with van der Waals surface area (Å²) < 4.78 is 23.0. The molecule has 21 heavy (non-hydrogen) atoms. The van der Waals surface area contributed by atoms with Crippen molar-refractivity contribution in [3.63, 3.8) is 0 Å².